The molecule has 0 saturated carbocycles. The van der Waals surface area contributed by atoms with Crippen molar-refractivity contribution < 1.29 is 18.0 Å². The van der Waals surface area contributed by atoms with Crippen LogP contribution < -0.4 is 14.9 Å². The molecule has 1 atom stereocenters. The van der Waals surface area contributed by atoms with Gasteiger partial charge in [-0.3, -0.25) is 13.9 Å². The maximum Gasteiger partial charge on any atom is 0.264 e. The lowest BCUT2D eigenvalue weighted by molar-refractivity contribution is 0.0940. The van der Waals surface area contributed by atoms with Gasteiger partial charge in [-0.25, -0.2) is 8.42 Å². The topological polar surface area (TPSA) is 95.6 Å². The zero-order chi connectivity index (χ0) is 24.9. The van der Waals surface area contributed by atoms with E-state index in [1.807, 2.05) is 20.8 Å². The molecule has 0 unspecified atom stereocenters. The van der Waals surface area contributed by atoms with E-state index in [1.54, 1.807) is 72.8 Å². The summed E-state index contributed by atoms with van der Waals surface area (Å²) in [5.74, 6) is -0.664. The number of benzene rings is 3. The van der Waals surface area contributed by atoms with Gasteiger partial charge in [0.15, 0.2) is 0 Å². The number of nitrogens with one attached hydrogen (secondary N) is 2. The van der Waals surface area contributed by atoms with E-state index >= 15 is 0 Å². The molecule has 3 aromatic rings. The number of nitrogens with zero attached hydrogens (tertiary/aromatic N) is 1. The minimum Gasteiger partial charge on any atom is -0.350 e. The molecule has 0 spiro atoms. The number of amides is 2. The molecule has 0 aliphatic rings. The van der Waals surface area contributed by atoms with Gasteiger partial charge in [-0.15, -0.1) is 0 Å². The molecule has 7 nitrogen and oxygen atoms in total. The van der Waals surface area contributed by atoms with Crippen molar-refractivity contribution in [3.63, 3.8) is 0 Å². The van der Waals surface area contributed by atoms with E-state index in [0.29, 0.717) is 22.5 Å². The summed E-state index contributed by atoms with van der Waals surface area (Å²) in [6, 6.07) is 19.7. The van der Waals surface area contributed by atoms with Crippen LogP contribution in [-0.2, 0) is 10.0 Å². The third-order valence-corrected chi connectivity index (χ3v) is 7.38. The van der Waals surface area contributed by atoms with Crippen LogP contribution >= 0.6 is 0 Å². The van der Waals surface area contributed by atoms with Crippen molar-refractivity contribution in [1.29, 1.82) is 0 Å². The number of hydrogen-bond donors (Lipinski definition) is 2. The molecule has 0 heterocycles. The first kappa shape index (κ1) is 25.0. The largest absolute Gasteiger partial charge is 0.350 e. The highest BCUT2D eigenvalue weighted by Crippen LogP contribution is 2.23. The van der Waals surface area contributed by atoms with E-state index in [-0.39, 0.29) is 16.8 Å². The summed E-state index contributed by atoms with van der Waals surface area (Å²) in [4.78, 5) is 25.6. The highest BCUT2D eigenvalue weighted by molar-refractivity contribution is 7.92. The van der Waals surface area contributed by atoms with Crippen LogP contribution in [0.2, 0.25) is 0 Å². The maximum absolute atomic E-state index is 12.9. The molecule has 0 bridgehead atoms. The molecule has 0 aromatic heterocycles. The fourth-order valence-corrected chi connectivity index (χ4v) is 4.41. The number of carbonyl (C=O) groups is 2. The number of carbonyl (C=O) groups excluding carboxylic acids is 2. The average molecular weight is 480 g/mol. The lowest BCUT2D eigenvalue weighted by Crippen LogP contribution is -2.32. The van der Waals surface area contributed by atoms with E-state index in [2.05, 4.69) is 10.6 Å². The average Bonchev–Trinajstić information content (AvgIpc) is 2.84. The van der Waals surface area contributed by atoms with Crippen molar-refractivity contribution in [2.75, 3.05) is 16.7 Å². The number of aryl methyl sites for hydroxylation is 1. The molecule has 0 radical (unpaired) electrons. The van der Waals surface area contributed by atoms with Gasteiger partial charge in [0.1, 0.15) is 0 Å². The number of rotatable bonds is 8. The van der Waals surface area contributed by atoms with Crippen LogP contribution in [0.4, 0.5) is 11.4 Å². The van der Waals surface area contributed by atoms with Crippen LogP contribution in [0.1, 0.15) is 46.5 Å². The molecule has 3 aromatic carbocycles. The Kier molecular flexibility index (Phi) is 7.73. The molecule has 2 N–H and O–H groups in total. The second kappa shape index (κ2) is 10.5. The third kappa shape index (κ3) is 5.63. The van der Waals surface area contributed by atoms with E-state index < -0.39 is 15.9 Å². The van der Waals surface area contributed by atoms with Gasteiger partial charge in [-0.05, 0) is 68.8 Å². The van der Waals surface area contributed by atoms with Crippen molar-refractivity contribution in [3.05, 3.63) is 89.5 Å². The van der Waals surface area contributed by atoms with Crippen LogP contribution in [-0.4, -0.2) is 33.3 Å². The smallest absolute Gasteiger partial charge is 0.264 e. The molecule has 0 aliphatic heterocycles. The number of sulfonamides is 1. The molecule has 8 heteroatoms. The Hall–Kier alpha value is -3.65. The summed E-state index contributed by atoms with van der Waals surface area (Å²) >= 11 is 0. The summed E-state index contributed by atoms with van der Waals surface area (Å²) in [5, 5.41) is 5.67. The standard InChI is InChI=1S/C26H29N3O4S/c1-5-19(3)27-26(31)23-8-6-7-9-24(23)28-25(30)20-12-14-21(15-13-20)29(4)34(32,33)22-16-10-18(2)11-17-22/h6-17,19H,5H2,1-4H3,(H,27,31)(H,28,30)/t19-/m0/s1. The first-order valence-electron chi connectivity index (χ1n) is 11.0. The van der Waals surface area contributed by atoms with Crippen LogP contribution in [0.15, 0.2) is 77.7 Å². The molecule has 0 aliphatic carbocycles. The first-order chi connectivity index (χ1) is 16.1. The van der Waals surface area contributed by atoms with Gasteiger partial charge in [0.05, 0.1) is 21.8 Å². The predicted molar refractivity (Wildman–Crippen MR) is 135 cm³/mol. The fourth-order valence-electron chi connectivity index (χ4n) is 3.22. The van der Waals surface area contributed by atoms with Crippen LogP contribution in [0.3, 0.4) is 0 Å². The molecule has 0 saturated heterocycles. The highest BCUT2D eigenvalue weighted by Gasteiger charge is 2.21. The molecule has 3 rings (SSSR count). The van der Waals surface area contributed by atoms with Crippen molar-refractivity contribution >= 4 is 33.2 Å². The Bertz CT molecular complexity index is 1270. The lowest BCUT2D eigenvalue weighted by Gasteiger charge is -2.20. The summed E-state index contributed by atoms with van der Waals surface area (Å²) in [6.07, 6.45) is 0.792. The molecule has 0 fully saturated rings. The summed E-state index contributed by atoms with van der Waals surface area (Å²) in [6.45, 7) is 5.78. The number of anilines is 2. The van der Waals surface area contributed by atoms with E-state index in [0.717, 1.165) is 12.0 Å². The Labute approximate surface area is 200 Å². The van der Waals surface area contributed by atoms with Gasteiger partial charge in [0, 0.05) is 18.7 Å². The monoisotopic (exact) mass is 479 g/mol. The fraction of sp³-hybridized carbons (Fsp3) is 0.231. The van der Waals surface area contributed by atoms with Gasteiger partial charge >= 0.3 is 0 Å². The van der Waals surface area contributed by atoms with E-state index in [9.17, 15) is 18.0 Å². The Morgan fingerprint density at radius 3 is 2.15 bits per heavy atom. The molecule has 178 valence electrons. The zero-order valence-electron chi connectivity index (χ0n) is 19.7. The highest BCUT2D eigenvalue weighted by atomic mass is 32.2. The number of hydrogen-bond acceptors (Lipinski definition) is 4. The van der Waals surface area contributed by atoms with Gasteiger partial charge in [0.25, 0.3) is 21.8 Å². The third-order valence-electron chi connectivity index (χ3n) is 5.58. The lowest BCUT2D eigenvalue weighted by atomic mass is 10.1. The molecular weight excluding hydrogens is 450 g/mol. The maximum atomic E-state index is 12.9. The minimum absolute atomic E-state index is 0.0111. The van der Waals surface area contributed by atoms with Crippen LogP contribution in [0, 0.1) is 6.92 Å². The van der Waals surface area contributed by atoms with Crippen LogP contribution in [0.5, 0.6) is 0 Å². The Morgan fingerprint density at radius 2 is 1.53 bits per heavy atom. The van der Waals surface area contributed by atoms with Crippen LogP contribution in [0.25, 0.3) is 0 Å². The van der Waals surface area contributed by atoms with Crippen molar-refractivity contribution in [2.45, 2.75) is 38.1 Å². The van der Waals surface area contributed by atoms with Crippen molar-refractivity contribution in [1.82, 2.24) is 5.32 Å². The van der Waals surface area contributed by atoms with Gasteiger partial charge in [-0.1, -0.05) is 36.8 Å². The van der Waals surface area contributed by atoms with E-state index in [1.165, 1.54) is 11.4 Å². The Morgan fingerprint density at radius 1 is 0.912 bits per heavy atom. The Balaban J connectivity index is 1.76. The number of para-hydroxylation sites is 1. The van der Waals surface area contributed by atoms with Crippen molar-refractivity contribution in [2.24, 2.45) is 0 Å². The summed E-state index contributed by atoms with van der Waals surface area (Å²) < 4.78 is 27.0. The van der Waals surface area contributed by atoms with Gasteiger partial charge in [-0.2, -0.15) is 0 Å². The second-order valence-electron chi connectivity index (χ2n) is 8.11. The van der Waals surface area contributed by atoms with Crippen molar-refractivity contribution in [3.8, 4) is 0 Å². The minimum atomic E-state index is -3.73. The normalized spacial score (nSPS) is 12.0. The summed E-state index contributed by atoms with van der Waals surface area (Å²) in [5.41, 5.74) is 2.50. The van der Waals surface area contributed by atoms with E-state index in [4.69, 9.17) is 0 Å². The van der Waals surface area contributed by atoms with Gasteiger partial charge in [0.2, 0.25) is 0 Å². The van der Waals surface area contributed by atoms with Gasteiger partial charge < -0.3 is 10.6 Å². The first-order valence-corrected chi connectivity index (χ1v) is 12.4. The quantitative estimate of drug-likeness (QED) is 0.494. The summed E-state index contributed by atoms with van der Waals surface area (Å²) in [7, 11) is -2.26. The molecule has 2 amide bonds. The molecule has 34 heavy (non-hydrogen) atoms. The zero-order valence-corrected chi connectivity index (χ0v) is 20.5. The SMILES string of the molecule is CC[C@H](C)NC(=O)c1ccccc1NC(=O)c1ccc(N(C)S(=O)(=O)c2ccc(C)cc2)cc1. The second-order valence-corrected chi connectivity index (χ2v) is 10.1. The predicted octanol–water partition coefficient (Wildman–Crippen LogP) is 4.60. The molecular formula is C26H29N3O4S.